The van der Waals surface area contributed by atoms with E-state index in [9.17, 15) is 22.3 Å². The Hall–Kier alpha value is -0.720. The van der Waals surface area contributed by atoms with Crippen molar-refractivity contribution < 1.29 is 22.3 Å². The summed E-state index contributed by atoms with van der Waals surface area (Å²) in [5, 5.41) is 9.24. The van der Waals surface area contributed by atoms with E-state index in [0.717, 1.165) is 0 Å². The van der Waals surface area contributed by atoms with E-state index in [-0.39, 0.29) is 0 Å². The predicted molar refractivity (Wildman–Crippen MR) is 23.4 cm³/mol. The summed E-state index contributed by atoms with van der Waals surface area (Å²) < 4.78 is 43.6. The maximum Gasteiger partial charge on any atom is 0.284 e. The molecule has 0 aromatic rings. The van der Waals surface area contributed by atoms with Crippen LogP contribution in [0.5, 0.6) is 0 Å². The van der Waals surface area contributed by atoms with E-state index < -0.39 is 22.2 Å². The van der Waals surface area contributed by atoms with Gasteiger partial charge < -0.3 is 5.11 Å². The van der Waals surface area contributed by atoms with Crippen LogP contribution in [0, 0.1) is 0 Å². The minimum Gasteiger partial charge on any atom is -0.836 e. The first-order valence-electron chi connectivity index (χ1n) is 1.69. The fourth-order valence-electron chi connectivity index (χ4n) is 0.134. The zero-order valence-electron chi connectivity index (χ0n) is 4.04. The molecule has 0 aliphatic rings. The lowest BCUT2D eigenvalue weighted by molar-refractivity contribution is -0.232. The summed E-state index contributed by atoms with van der Waals surface area (Å²) in [6, 6.07) is -1.86. The lowest BCUT2D eigenvalue weighted by atomic mass is 11.5. The highest BCUT2D eigenvalue weighted by atomic mass is 32.2. The number of halogens is 2. The van der Waals surface area contributed by atoms with E-state index in [2.05, 4.69) is 0 Å². The van der Waals surface area contributed by atoms with E-state index in [1.807, 2.05) is 4.40 Å². The Balaban J connectivity index is 4.41. The van der Waals surface area contributed by atoms with Crippen molar-refractivity contribution in [1.82, 2.24) is 0 Å². The summed E-state index contributed by atoms with van der Waals surface area (Å²) in [6.45, 7) is 0. The normalized spacial score (nSPS) is 13.8. The molecule has 0 N–H and O–H groups in total. The largest absolute Gasteiger partial charge is 0.836 e. The van der Waals surface area contributed by atoms with Crippen LogP contribution >= 0.6 is 0 Å². The maximum atomic E-state index is 11.1. The first kappa shape index (κ1) is 8.28. The Kier molecular flexibility index (Phi) is 2.50. The second-order valence-electron chi connectivity index (χ2n) is 1.04. The average molecular weight is 158 g/mol. The molecule has 0 amide bonds. The summed E-state index contributed by atoms with van der Waals surface area (Å²) in [4.78, 5) is 0. The summed E-state index contributed by atoms with van der Waals surface area (Å²) in [5.74, 6) is 0. The third kappa shape index (κ3) is 3.83. The molecule has 0 radical (unpaired) electrons. The molecular weight excluding hydrogens is 156 g/mol. The van der Waals surface area contributed by atoms with Crippen molar-refractivity contribution in [2.24, 2.45) is 4.40 Å². The van der Waals surface area contributed by atoms with Crippen molar-refractivity contribution in [2.75, 3.05) is 6.01 Å². The average Bonchev–Trinajstić information content (AvgIpc) is 1.63. The minimum atomic E-state index is -4.48. The summed E-state index contributed by atoms with van der Waals surface area (Å²) in [5.41, 5.74) is 0. The zero-order valence-corrected chi connectivity index (χ0v) is 4.86. The number of rotatable bonds is 2. The molecule has 0 spiro atoms. The van der Waals surface area contributed by atoms with E-state index in [1.54, 1.807) is 0 Å². The van der Waals surface area contributed by atoms with Crippen LogP contribution in [0.1, 0.15) is 0 Å². The monoisotopic (exact) mass is 158 g/mol. The lowest BCUT2D eigenvalue weighted by Gasteiger charge is -1.94. The highest BCUT2D eigenvalue weighted by Gasteiger charge is 2.04. The van der Waals surface area contributed by atoms with Gasteiger partial charge in [0.05, 0.1) is 0 Å². The molecular formula is C2H2F2NO3S-. The smallest absolute Gasteiger partial charge is 0.284 e. The second kappa shape index (κ2) is 2.72. The standard InChI is InChI=1S/C2H3F2NO3S/c3-1-9(7,8)5-2(4)6/h1H2,(H,5,6)/p-1. The zero-order chi connectivity index (χ0) is 7.49. The minimum absolute atomic E-state index is 1.82. The molecule has 0 saturated heterocycles. The summed E-state index contributed by atoms with van der Waals surface area (Å²) >= 11 is 0. The Morgan fingerprint density at radius 2 is 2.11 bits per heavy atom. The van der Waals surface area contributed by atoms with Gasteiger partial charge in [0.1, 0.15) is 0 Å². The molecule has 0 saturated carbocycles. The first-order chi connectivity index (χ1) is 3.98. The molecule has 0 atom stereocenters. The van der Waals surface area contributed by atoms with Gasteiger partial charge in [0.25, 0.3) is 10.0 Å². The van der Waals surface area contributed by atoms with Crippen LogP contribution in [0.4, 0.5) is 8.78 Å². The third-order valence-corrected chi connectivity index (χ3v) is 1.05. The Morgan fingerprint density at radius 3 is 2.22 bits per heavy atom. The molecule has 0 fully saturated rings. The molecule has 0 rings (SSSR count). The number of nitrogens with zero attached hydrogens (tertiary/aromatic N) is 1. The van der Waals surface area contributed by atoms with E-state index in [1.165, 1.54) is 0 Å². The molecule has 54 valence electrons. The molecule has 4 nitrogen and oxygen atoms in total. The number of hydrogen-bond acceptors (Lipinski definition) is 3. The van der Waals surface area contributed by atoms with E-state index >= 15 is 0 Å². The van der Waals surface area contributed by atoms with Crippen LogP contribution in [0.25, 0.3) is 0 Å². The molecule has 9 heavy (non-hydrogen) atoms. The first-order valence-corrected chi connectivity index (χ1v) is 3.30. The van der Waals surface area contributed by atoms with E-state index in [4.69, 9.17) is 0 Å². The van der Waals surface area contributed by atoms with Crippen molar-refractivity contribution in [3.8, 4) is 0 Å². The molecule has 0 aliphatic carbocycles. The van der Waals surface area contributed by atoms with Gasteiger partial charge in [-0.3, -0.25) is 0 Å². The summed E-state index contributed by atoms with van der Waals surface area (Å²) in [6.07, 6.45) is -2.41. The second-order valence-corrected chi connectivity index (χ2v) is 2.60. The third-order valence-electron chi connectivity index (χ3n) is 0.349. The topological polar surface area (TPSA) is 69.6 Å². The van der Waals surface area contributed by atoms with Crippen molar-refractivity contribution in [2.45, 2.75) is 0 Å². The fourth-order valence-corrected chi connectivity index (χ4v) is 0.401. The van der Waals surface area contributed by atoms with Crippen LogP contribution in [-0.2, 0) is 10.0 Å². The lowest BCUT2D eigenvalue weighted by Crippen LogP contribution is -2.13. The summed E-state index contributed by atoms with van der Waals surface area (Å²) in [7, 11) is -4.48. The van der Waals surface area contributed by atoms with Gasteiger partial charge in [-0.25, -0.2) is 17.2 Å². The number of hydrogen-bond donors (Lipinski definition) is 0. The van der Waals surface area contributed by atoms with Gasteiger partial charge in [0.15, 0.2) is 6.15 Å². The SMILES string of the molecule is O=S(=O)(CF)N=C([O-])F. The predicted octanol–water partition coefficient (Wildman–Crippen LogP) is -1.07. The molecule has 0 aromatic carbocycles. The molecule has 0 heterocycles. The van der Waals surface area contributed by atoms with Crippen LogP contribution in [0.2, 0.25) is 0 Å². The van der Waals surface area contributed by atoms with Gasteiger partial charge in [-0.2, -0.15) is 0 Å². The van der Waals surface area contributed by atoms with Crippen molar-refractivity contribution in [3.05, 3.63) is 0 Å². The van der Waals surface area contributed by atoms with Crippen LogP contribution in [0.3, 0.4) is 0 Å². The highest BCUT2D eigenvalue weighted by Crippen LogP contribution is 1.91. The van der Waals surface area contributed by atoms with Crippen molar-refractivity contribution >= 4 is 16.2 Å². The molecule has 0 aliphatic heterocycles. The Bertz CT molecular complexity index is 204. The quantitative estimate of drug-likeness (QED) is 0.379. The Labute approximate surface area is 49.9 Å². The van der Waals surface area contributed by atoms with Gasteiger partial charge in [-0.1, -0.05) is 0 Å². The number of sulfonamides is 1. The van der Waals surface area contributed by atoms with Gasteiger partial charge in [0, 0.05) is 0 Å². The molecule has 0 unspecified atom stereocenters. The van der Waals surface area contributed by atoms with Gasteiger partial charge >= 0.3 is 0 Å². The highest BCUT2D eigenvalue weighted by molar-refractivity contribution is 7.90. The molecule has 7 heteroatoms. The van der Waals surface area contributed by atoms with Gasteiger partial charge in [-0.15, -0.1) is 4.40 Å². The maximum absolute atomic E-state index is 11.1. The van der Waals surface area contributed by atoms with E-state index in [0.29, 0.717) is 0 Å². The molecule has 0 aromatic heterocycles. The van der Waals surface area contributed by atoms with Gasteiger partial charge in [-0.05, 0) is 0 Å². The van der Waals surface area contributed by atoms with Crippen LogP contribution < -0.4 is 5.11 Å². The van der Waals surface area contributed by atoms with Crippen molar-refractivity contribution in [1.29, 1.82) is 0 Å². The van der Waals surface area contributed by atoms with Crippen LogP contribution in [-0.4, -0.2) is 20.6 Å². The molecule has 0 bridgehead atoms. The van der Waals surface area contributed by atoms with Gasteiger partial charge in [0.2, 0.25) is 6.01 Å². The Morgan fingerprint density at radius 1 is 1.67 bits per heavy atom. The fraction of sp³-hybridized carbons (Fsp3) is 0.500. The van der Waals surface area contributed by atoms with Crippen LogP contribution in [0.15, 0.2) is 4.40 Å². The van der Waals surface area contributed by atoms with Crippen molar-refractivity contribution in [3.63, 3.8) is 0 Å². The number of alkyl halides is 1.